The van der Waals surface area contributed by atoms with Gasteiger partial charge in [0.15, 0.2) is 0 Å². The van der Waals surface area contributed by atoms with Crippen molar-refractivity contribution < 1.29 is 0 Å². The van der Waals surface area contributed by atoms with E-state index in [1.165, 1.54) is 49.3 Å². The molecule has 6 heteroatoms. The fraction of sp³-hybridized carbons (Fsp3) is 0.643. The minimum Gasteiger partial charge on any atom is -0.344 e. The van der Waals surface area contributed by atoms with E-state index in [9.17, 15) is 0 Å². The molecule has 0 radical (unpaired) electrons. The number of H-pyrrole nitrogens is 1. The maximum Gasteiger partial charge on any atom is 0.131 e. The molecule has 1 fully saturated rings. The van der Waals surface area contributed by atoms with Crippen molar-refractivity contribution in [2.45, 2.75) is 51.1 Å². The number of nitrogens with zero attached hydrogens (tertiary/aromatic N) is 4. The van der Waals surface area contributed by atoms with Gasteiger partial charge >= 0.3 is 0 Å². The van der Waals surface area contributed by atoms with Crippen molar-refractivity contribution in [3.05, 3.63) is 27.7 Å². The van der Waals surface area contributed by atoms with Crippen LogP contribution < -0.4 is 0 Å². The van der Waals surface area contributed by atoms with Crippen LogP contribution in [0.4, 0.5) is 0 Å². The fourth-order valence-corrected chi connectivity index (χ4v) is 3.95. The molecule has 5 nitrogen and oxygen atoms in total. The first-order chi connectivity index (χ1) is 9.90. The lowest BCUT2D eigenvalue weighted by atomic mass is 10.0. The van der Waals surface area contributed by atoms with Crippen molar-refractivity contribution in [2.75, 3.05) is 6.54 Å². The molecule has 3 heterocycles. The third kappa shape index (κ3) is 2.27. The fourth-order valence-electron chi connectivity index (χ4n) is 3.40. The lowest BCUT2D eigenvalue weighted by Crippen LogP contribution is -2.23. The van der Waals surface area contributed by atoms with Crippen molar-refractivity contribution in [3.8, 4) is 0 Å². The third-order valence-corrected chi connectivity index (χ3v) is 5.08. The van der Waals surface area contributed by atoms with Gasteiger partial charge in [0, 0.05) is 5.69 Å². The summed E-state index contributed by atoms with van der Waals surface area (Å²) in [7, 11) is 0. The Kier molecular flexibility index (Phi) is 3.28. The Morgan fingerprint density at radius 3 is 3.10 bits per heavy atom. The second kappa shape index (κ2) is 5.26. The molecule has 4 rings (SSSR count). The van der Waals surface area contributed by atoms with Crippen LogP contribution in [0.25, 0.3) is 0 Å². The molecule has 0 bridgehead atoms. The number of likely N-dealkylation sites (tertiary alicyclic amines) is 1. The van der Waals surface area contributed by atoms with Gasteiger partial charge in [-0.25, -0.2) is 4.98 Å². The van der Waals surface area contributed by atoms with E-state index in [1.54, 1.807) is 11.3 Å². The van der Waals surface area contributed by atoms with E-state index in [2.05, 4.69) is 20.1 Å². The molecule has 106 valence electrons. The van der Waals surface area contributed by atoms with Crippen LogP contribution in [-0.4, -0.2) is 31.6 Å². The molecule has 20 heavy (non-hydrogen) atoms. The van der Waals surface area contributed by atoms with E-state index in [1.807, 2.05) is 5.51 Å². The minimum absolute atomic E-state index is 0.435. The quantitative estimate of drug-likeness (QED) is 0.943. The predicted octanol–water partition coefficient (Wildman–Crippen LogP) is 2.48. The molecule has 1 N–H and O–H groups in total. The number of hydrogen-bond donors (Lipinski definition) is 1. The van der Waals surface area contributed by atoms with Crippen molar-refractivity contribution in [1.29, 1.82) is 0 Å². The summed E-state index contributed by atoms with van der Waals surface area (Å²) in [5.41, 5.74) is 4.51. The number of imidazole rings is 1. The van der Waals surface area contributed by atoms with Crippen LogP contribution in [0.2, 0.25) is 0 Å². The molecule has 2 aliphatic rings. The smallest absolute Gasteiger partial charge is 0.131 e. The van der Waals surface area contributed by atoms with Gasteiger partial charge in [0.25, 0.3) is 0 Å². The largest absolute Gasteiger partial charge is 0.344 e. The van der Waals surface area contributed by atoms with Gasteiger partial charge in [-0.3, -0.25) is 4.90 Å². The number of aromatic amines is 1. The summed E-state index contributed by atoms with van der Waals surface area (Å²) in [6.45, 7) is 2.04. The molecule has 0 aromatic carbocycles. The first-order valence-corrected chi connectivity index (χ1v) is 8.35. The number of aromatic nitrogens is 4. The van der Waals surface area contributed by atoms with Gasteiger partial charge in [-0.2, -0.15) is 0 Å². The highest BCUT2D eigenvalue weighted by Crippen LogP contribution is 2.33. The van der Waals surface area contributed by atoms with Gasteiger partial charge in [-0.05, 0) is 45.1 Å². The molecule has 0 amide bonds. The second-order valence-corrected chi connectivity index (χ2v) is 6.63. The summed E-state index contributed by atoms with van der Waals surface area (Å²) >= 11 is 1.64. The van der Waals surface area contributed by atoms with Crippen molar-refractivity contribution >= 4 is 11.3 Å². The molecule has 1 saturated heterocycles. The third-order valence-electron chi connectivity index (χ3n) is 4.40. The van der Waals surface area contributed by atoms with Gasteiger partial charge in [0.2, 0.25) is 0 Å². The molecule has 1 aliphatic heterocycles. The van der Waals surface area contributed by atoms with E-state index in [4.69, 9.17) is 4.98 Å². The minimum atomic E-state index is 0.435. The van der Waals surface area contributed by atoms with Crippen LogP contribution in [-0.2, 0) is 19.4 Å². The highest BCUT2D eigenvalue weighted by atomic mass is 32.1. The van der Waals surface area contributed by atoms with Crippen LogP contribution in [0.15, 0.2) is 5.51 Å². The Hall–Kier alpha value is -1.27. The van der Waals surface area contributed by atoms with E-state index in [0.29, 0.717) is 6.04 Å². The number of hydrogen-bond acceptors (Lipinski definition) is 5. The molecule has 0 saturated carbocycles. The lowest BCUT2D eigenvalue weighted by Gasteiger charge is -2.21. The first kappa shape index (κ1) is 12.5. The number of fused-ring (bicyclic) bond motifs is 1. The molecule has 2 aromatic heterocycles. The van der Waals surface area contributed by atoms with Gasteiger partial charge < -0.3 is 4.98 Å². The number of rotatable bonds is 3. The van der Waals surface area contributed by atoms with Crippen LogP contribution >= 0.6 is 11.3 Å². The SMILES string of the molecule is c1nnc(CN2CCCC2c2nc3c([nH]2)CCCC3)s1. The van der Waals surface area contributed by atoms with Gasteiger partial charge in [0.1, 0.15) is 16.3 Å². The van der Waals surface area contributed by atoms with E-state index < -0.39 is 0 Å². The maximum atomic E-state index is 4.88. The average Bonchev–Trinajstić information content (AvgIpc) is 3.18. The zero-order valence-electron chi connectivity index (χ0n) is 11.5. The molecule has 1 atom stereocenters. The Balaban J connectivity index is 1.55. The highest BCUT2D eigenvalue weighted by molar-refractivity contribution is 7.09. The number of aryl methyl sites for hydroxylation is 2. The zero-order valence-corrected chi connectivity index (χ0v) is 12.3. The monoisotopic (exact) mass is 289 g/mol. The lowest BCUT2D eigenvalue weighted by molar-refractivity contribution is 0.240. The highest BCUT2D eigenvalue weighted by Gasteiger charge is 2.30. The van der Waals surface area contributed by atoms with Crippen molar-refractivity contribution in [3.63, 3.8) is 0 Å². The molecular weight excluding hydrogens is 270 g/mol. The predicted molar refractivity (Wildman–Crippen MR) is 77.5 cm³/mol. The van der Waals surface area contributed by atoms with Crippen molar-refractivity contribution in [1.82, 2.24) is 25.1 Å². The van der Waals surface area contributed by atoms with E-state index in [-0.39, 0.29) is 0 Å². The summed E-state index contributed by atoms with van der Waals surface area (Å²) < 4.78 is 0. The molecule has 1 aliphatic carbocycles. The standard InChI is InChI=1S/C14H19N5S/c1-2-5-11-10(4-1)16-14(17-11)12-6-3-7-19(12)8-13-18-15-9-20-13/h9,12H,1-8H2,(H,16,17). The Bertz CT molecular complexity index is 553. The van der Waals surface area contributed by atoms with Crippen LogP contribution in [0.5, 0.6) is 0 Å². The van der Waals surface area contributed by atoms with Crippen LogP contribution in [0.1, 0.15) is 53.9 Å². The first-order valence-electron chi connectivity index (χ1n) is 7.47. The van der Waals surface area contributed by atoms with Gasteiger partial charge in [-0.1, -0.05) is 0 Å². The normalized spacial score (nSPS) is 23.1. The Morgan fingerprint density at radius 1 is 1.30 bits per heavy atom. The molecule has 0 spiro atoms. The van der Waals surface area contributed by atoms with Crippen molar-refractivity contribution in [2.24, 2.45) is 0 Å². The molecular formula is C14H19N5S. The summed E-state index contributed by atoms with van der Waals surface area (Å²) in [5.74, 6) is 1.18. The molecule has 2 aromatic rings. The van der Waals surface area contributed by atoms with Gasteiger partial charge in [0.05, 0.1) is 18.3 Å². The average molecular weight is 289 g/mol. The number of nitrogens with one attached hydrogen (secondary N) is 1. The van der Waals surface area contributed by atoms with Crippen LogP contribution in [0.3, 0.4) is 0 Å². The topological polar surface area (TPSA) is 57.7 Å². The van der Waals surface area contributed by atoms with E-state index in [0.717, 1.165) is 24.5 Å². The summed E-state index contributed by atoms with van der Waals surface area (Å²) in [6, 6.07) is 0.435. The van der Waals surface area contributed by atoms with Crippen LogP contribution in [0, 0.1) is 0 Å². The maximum absolute atomic E-state index is 4.88. The zero-order chi connectivity index (χ0) is 13.4. The van der Waals surface area contributed by atoms with Gasteiger partial charge in [-0.15, -0.1) is 21.5 Å². The Labute approximate surface area is 122 Å². The Morgan fingerprint density at radius 2 is 2.25 bits per heavy atom. The summed E-state index contributed by atoms with van der Waals surface area (Å²) in [4.78, 5) is 11.0. The van der Waals surface area contributed by atoms with E-state index >= 15 is 0 Å². The molecule has 1 unspecified atom stereocenters. The second-order valence-electron chi connectivity index (χ2n) is 5.72. The summed E-state index contributed by atoms with van der Waals surface area (Å²) in [5, 5.41) is 9.21. The summed E-state index contributed by atoms with van der Waals surface area (Å²) in [6.07, 6.45) is 7.35.